The summed E-state index contributed by atoms with van der Waals surface area (Å²) in [4.78, 5) is 4.64. The SMILES string of the molecule is CCOC1(c2noc(CC3(N)CCC3)n2)CCCC(C)C1. The summed E-state index contributed by atoms with van der Waals surface area (Å²) in [6.07, 6.45) is 8.38. The molecular formula is C16H27N3O2. The van der Waals surface area contributed by atoms with Gasteiger partial charge in [0.05, 0.1) is 0 Å². The first-order valence-electron chi connectivity index (χ1n) is 8.31. The van der Waals surface area contributed by atoms with Crippen molar-refractivity contribution in [3.8, 4) is 0 Å². The fourth-order valence-corrected chi connectivity index (χ4v) is 3.80. The van der Waals surface area contributed by atoms with Crippen LogP contribution in [0.3, 0.4) is 0 Å². The second-order valence-electron chi connectivity index (χ2n) is 7.03. The van der Waals surface area contributed by atoms with Gasteiger partial charge in [-0.05, 0) is 51.4 Å². The van der Waals surface area contributed by atoms with Gasteiger partial charge in [0.25, 0.3) is 0 Å². The Hall–Kier alpha value is -0.940. The van der Waals surface area contributed by atoms with E-state index in [-0.39, 0.29) is 11.1 Å². The molecule has 21 heavy (non-hydrogen) atoms. The molecule has 0 aromatic carbocycles. The van der Waals surface area contributed by atoms with Gasteiger partial charge in [0.2, 0.25) is 11.7 Å². The Kier molecular flexibility index (Phi) is 4.06. The van der Waals surface area contributed by atoms with E-state index >= 15 is 0 Å². The van der Waals surface area contributed by atoms with E-state index < -0.39 is 0 Å². The first kappa shape index (κ1) is 15.0. The standard InChI is InChI=1S/C16H27N3O2/c1-3-20-16(9-4-6-12(2)10-16)14-18-13(21-19-14)11-15(17)7-5-8-15/h12H,3-11,17H2,1-2H3. The maximum Gasteiger partial charge on any atom is 0.228 e. The van der Waals surface area contributed by atoms with Crippen molar-refractivity contribution in [2.75, 3.05) is 6.61 Å². The Labute approximate surface area is 126 Å². The van der Waals surface area contributed by atoms with Gasteiger partial charge in [0.15, 0.2) is 0 Å². The number of ether oxygens (including phenoxy) is 1. The van der Waals surface area contributed by atoms with Crippen molar-refractivity contribution in [1.82, 2.24) is 10.1 Å². The second kappa shape index (κ2) is 5.69. The zero-order valence-electron chi connectivity index (χ0n) is 13.2. The molecule has 0 radical (unpaired) electrons. The van der Waals surface area contributed by atoms with E-state index in [1.807, 2.05) is 6.92 Å². The van der Waals surface area contributed by atoms with Crippen LogP contribution in [-0.4, -0.2) is 22.3 Å². The van der Waals surface area contributed by atoms with Crippen LogP contribution in [0.2, 0.25) is 0 Å². The third-order valence-corrected chi connectivity index (χ3v) is 5.10. The summed E-state index contributed by atoms with van der Waals surface area (Å²) in [5.74, 6) is 2.04. The molecule has 0 bridgehead atoms. The maximum atomic E-state index is 6.28. The number of aromatic nitrogens is 2. The average Bonchev–Trinajstić information content (AvgIpc) is 2.86. The molecule has 5 heteroatoms. The molecule has 2 N–H and O–H groups in total. The van der Waals surface area contributed by atoms with Crippen LogP contribution in [0.4, 0.5) is 0 Å². The van der Waals surface area contributed by atoms with Crippen molar-refractivity contribution in [2.45, 2.75) is 76.4 Å². The van der Waals surface area contributed by atoms with Gasteiger partial charge in [-0.25, -0.2) is 0 Å². The fraction of sp³-hybridized carbons (Fsp3) is 0.875. The summed E-state index contributed by atoms with van der Waals surface area (Å²) in [5, 5.41) is 4.24. The topological polar surface area (TPSA) is 74.2 Å². The molecule has 2 atom stereocenters. The van der Waals surface area contributed by atoms with Gasteiger partial charge in [0, 0.05) is 18.6 Å². The molecule has 2 saturated carbocycles. The van der Waals surface area contributed by atoms with Crippen LogP contribution >= 0.6 is 0 Å². The minimum atomic E-state index is -0.352. The lowest BCUT2D eigenvalue weighted by Crippen LogP contribution is -2.48. The van der Waals surface area contributed by atoms with E-state index in [2.05, 4.69) is 17.1 Å². The quantitative estimate of drug-likeness (QED) is 0.903. The number of hydrogen-bond donors (Lipinski definition) is 1. The summed E-state index contributed by atoms with van der Waals surface area (Å²) < 4.78 is 11.6. The van der Waals surface area contributed by atoms with E-state index in [1.54, 1.807) is 0 Å². The first-order valence-corrected chi connectivity index (χ1v) is 8.31. The number of nitrogens with two attached hydrogens (primary N) is 1. The predicted molar refractivity (Wildman–Crippen MR) is 79.7 cm³/mol. The largest absolute Gasteiger partial charge is 0.367 e. The van der Waals surface area contributed by atoms with Crippen molar-refractivity contribution in [1.29, 1.82) is 0 Å². The van der Waals surface area contributed by atoms with Crippen LogP contribution in [0.25, 0.3) is 0 Å². The zero-order chi connectivity index (χ0) is 14.9. The summed E-state index contributed by atoms with van der Waals surface area (Å²) in [6.45, 7) is 4.99. The van der Waals surface area contributed by atoms with Gasteiger partial charge in [-0.2, -0.15) is 4.98 Å². The fourth-order valence-electron chi connectivity index (χ4n) is 3.80. The highest BCUT2D eigenvalue weighted by atomic mass is 16.5. The molecule has 118 valence electrons. The summed E-state index contributed by atoms with van der Waals surface area (Å²) in [6, 6.07) is 0. The molecule has 0 amide bonds. The number of nitrogens with zero attached hydrogens (tertiary/aromatic N) is 2. The molecule has 5 nitrogen and oxygen atoms in total. The highest BCUT2D eigenvalue weighted by Crippen LogP contribution is 2.42. The Morgan fingerprint density at radius 3 is 2.76 bits per heavy atom. The molecule has 1 aromatic rings. The Morgan fingerprint density at radius 1 is 1.33 bits per heavy atom. The molecule has 0 saturated heterocycles. The zero-order valence-corrected chi connectivity index (χ0v) is 13.2. The molecule has 2 unspecified atom stereocenters. The van der Waals surface area contributed by atoms with E-state index in [9.17, 15) is 0 Å². The number of rotatable bonds is 5. The normalized spacial score (nSPS) is 31.9. The lowest BCUT2D eigenvalue weighted by molar-refractivity contribution is -0.0891. The summed E-state index contributed by atoms with van der Waals surface area (Å²) in [7, 11) is 0. The first-order chi connectivity index (χ1) is 10.1. The third-order valence-electron chi connectivity index (χ3n) is 5.10. The van der Waals surface area contributed by atoms with Crippen LogP contribution in [0.5, 0.6) is 0 Å². The minimum Gasteiger partial charge on any atom is -0.367 e. The molecule has 3 rings (SSSR count). The van der Waals surface area contributed by atoms with Crippen molar-refractivity contribution in [3.63, 3.8) is 0 Å². The Morgan fingerprint density at radius 2 is 2.14 bits per heavy atom. The van der Waals surface area contributed by atoms with E-state index in [1.165, 1.54) is 12.8 Å². The molecule has 2 fully saturated rings. The highest BCUT2D eigenvalue weighted by molar-refractivity contribution is 5.07. The van der Waals surface area contributed by atoms with E-state index in [4.69, 9.17) is 15.0 Å². The van der Waals surface area contributed by atoms with Crippen LogP contribution < -0.4 is 5.73 Å². The van der Waals surface area contributed by atoms with E-state index in [0.29, 0.717) is 24.8 Å². The summed E-state index contributed by atoms with van der Waals surface area (Å²) in [5.41, 5.74) is 5.80. The van der Waals surface area contributed by atoms with Gasteiger partial charge < -0.3 is 15.0 Å². The minimum absolute atomic E-state index is 0.123. The lowest BCUT2D eigenvalue weighted by atomic mass is 9.75. The Balaban J connectivity index is 1.78. The smallest absolute Gasteiger partial charge is 0.228 e. The summed E-state index contributed by atoms with van der Waals surface area (Å²) >= 11 is 0. The van der Waals surface area contributed by atoms with Crippen molar-refractivity contribution in [3.05, 3.63) is 11.7 Å². The van der Waals surface area contributed by atoms with Crippen LogP contribution in [0, 0.1) is 5.92 Å². The van der Waals surface area contributed by atoms with Crippen LogP contribution in [0.1, 0.15) is 70.5 Å². The van der Waals surface area contributed by atoms with Gasteiger partial charge in [-0.3, -0.25) is 0 Å². The predicted octanol–water partition coefficient (Wildman–Crippen LogP) is 2.94. The molecule has 1 aromatic heterocycles. The van der Waals surface area contributed by atoms with E-state index in [0.717, 1.165) is 37.9 Å². The van der Waals surface area contributed by atoms with Crippen molar-refractivity contribution in [2.24, 2.45) is 11.7 Å². The molecule has 0 spiro atoms. The average molecular weight is 293 g/mol. The monoisotopic (exact) mass is 293 g/mol. The van der Waals surface area contributed by atoms with Gasteiger partial charge in [0.1, 0.15) is 5.60 Å². The maximum absolute atomic E-state index is 6.28. The Bertz CT molecular complexity index is 480. The van der Waals surface area contributed by atoms with Crippen molar-refractivity contribution < 1.29 is 9.26 Å². The van der Waals surface area contributed by atoms with Gasteiger partial charge >= 0.3 is 0 Å². The van der Waals surface area contributed by atoms with Crippen molar-refractivity contribution >= 4 is 0 Å². The number of hydrogen-bond acceptors (Lipinski definition) is 5. The molecule has 0 aliphatic heterocycles. The van der Waals surface area contributed by atoms with Gasteiger partial charge in [-0.15, -0.1) is 0 Å². The molecule has 1 heterocycles. The molecule has 2 aliphatic rings. The second-order valence-corrected chi connectivity index (χ2v) is 7.03. The van der Waals surface area contributed by atoms with Gasteiger partial charge in [-0.1, -0.05) is 18.5 Å². The van der Waals surface area contributed by atoms with Crippen LogP contribution in [0.15, 0.2) is 4.52 Å². The lowest BCUT2D eigenvalue weighted by Gasteiger charge is -2.37. The highest BCUT2D eigenvalue weighted by Gasteiger charge is 2.42. The molecular weight excluding hydrogens is 266 g/mol. The third kappa shape index (κ3) is 2.99. The molecule has 2 aliphatic carbocycles. The van der Waals surface area contributed by atoms with Crippen LogP contribution in [-0.2, 0) is 16.8 Å².